The molecule has 1 unspecified atom stereocenters. The standard InChI is InChI=1S/C23H25N7OS/c31-19(21-26-9-10-27-21)14-5-11-30(12-6-14)22-18-15-3-1-2-4-17(15)32-23(18)29-20(28-22)16-13-24-7-8-25-16/h7-10,13-14,19,31H,1-6,11-12H2,(H,26,27). The first-order chi connectivity index (χ1) is 15.8. The average molecular weight is 448 g/mol. The SMILES string of the molecule is OC(c1ncc[nH]1)C1CCN(c2nc(-c3cnccn3)nc3sc4c(c23)CCCC4)CC1. The van der Waals surface area contributed by atoms with Crippen molar-refractivity contribution in [2.45, 2.75) is 44.6 Å². The highest BCUT2D eigenvalue weighted by molar-refractivity contribution is 7.19. The Morgan fingerprint density at radius 1 is 1.06 bits per heavy atom. The van der Waals surface area contributed by atoms with Gasteiger partial charge in [0.2, 0.25) is 0 Å². The summed E-state index contributed by atoms with van der Waals surface area (Å²) in [7, 11) is 0. The fourth-order valence-electron chi connectivity index (χ4n) is 4.99. The van der Waals surface area contributed by atoms with Gasteiger partial charge in [-0.25, -0.2) is 19.9 Å². The molecular weight excluding hydrogens is 422 g/mol. The van der Waals surface area contributed by atoms with E-state index in [1.54, 1.807) is 31.0 Å². The molecule has 6 rings (SSSR count). The van der Waals surface area contributed by atoms with Gasteiger partial charge in [0.1, 0.15) is 28.3 Å². The molecular formula is C23H25N7OS. The van der Waals surface area contributed by atoms with Gasteiger partial charge in [0, 0.05) is 42.8 Å². The first kappa shape index (κ1) is 19.8. The number of anilines is 1. The van der Waals surface area contributed by atoms with Crippen LogP contribution in [0.4, 0.5) is 5.82 Å². The van der Waals surface area contributed by atoms with Gasteiger partial charge >= 0.3 is 0 Å². The van der Waals surface area contributed by atoms with Crippen LogP contribution in [0.5, 0.6) is 0 Å². The number of hydrogen-bond donors (Lipinski definition) is 2. The highest BCUT2D eigenvalue weighted by Gasteiger charge is 2.31. The summed E-state index contributed by atoms with van der Waals surface area (Å²) in [4.78, 5) is 30.8. The van der Waals surface area contributed by atoms with Crippen LogP contribution in [0, 0.1) is 5.92 Å². The van der Waals surface area contributed by atoms with Crippen LogP contribution in [0.3, 0.4) is 0 Å². The monoisotopic (exact) mass is 447 g/mol. The molecule has 5 heterocycles. The van der Waals surface area contributed by atoms with Gasteiger partial charge in [0.05, 0.1) is 11.6 Å². The lowest BCUT2D eigenvalue weighted by Gasteiger charge is -2.35. The van der Waals surface area contributed by atoms with Crippen molar-refractivity contribution < 1.29 is 5.11 Å². The van der Waals surface area contributed by atoms with Gasteiger partial charge < -0.3 is 15.0 Å². The Morgan fingerprint density at radius 2 is 1.94 bits per heavy atom. The zero-order valence-corrected chi connectivity index (χ0v) is 18.6. The van der Waals surface area contributed by atoms with Crippen molar-refractivity contribution in [1.82, 2.24) is 29.9 Å². The fourth-order valence-corrected chi connectivity index (χ4v) is 6.24. The Hall–Kier alpha value is -2.91. The number of imidazole rings is 1. The van der Waals surface area contributed by atoms with Crippen LogP contribution < -0.4 is 4.90 Å². The normalized spacial score (nSPS) is 18.1. The summed E-state index contributed by atoms with van der Waals surface area (Å²) in [5, 5.41) is 12.0. The Morgan fingerprint density at radius 3 is 2.72 bits per heavy atom. The number of rotatable bonds is 4. The topological polar surface area (TPSA) is 104 Å². The van der Waals surface area contributed by atoms with E-state index in [0.717, 1.165) is 49.4 Å². The zero-order valence-electron chi connectivity index (χ0n) is 17.7. The summed E-state index contributed by atoms with van der Waals surface area (Å²) < 4.78 is 0. The summed E-state index contributed by atoms with van der Waals surface area (Å²) in [5.41, 5.74) is 2.14. The molecule has 0 radical (unpaired) electrons. The molecule has 0 amide bonds. The third kappa shape index (κ3) is 3.45. The van der Waals surface area contributed by atoms with Gasteiger partial charge in [-0.2, -0.15) is 0 Å². The number of aliphatic hydroxyl groups excluding tert-OH is 1. The maximum atomic E-state index is 10.7. The van der Waals surface area contributed by atoms with E-state index in [9.17, 15) is 5.11 Å². The van der Waals surface area contributed by atoms with Crippen molar-refractivity contribution in [3.05, 3.63) is 47.2 Å². The molecule has 2 aliphatic rings. The molecule has 2 N–H and O–H groups in total. The van der Waals surface area contributed by atoms with Crippen LogP contribution in [-0.2, 0) is 12.8 Å². The van der Waals surface area contributed by atoms with Crippen molar-refractivity contribution in [3.63, 3.8) is 0 Å². The molecule has 0 aromatic carbocycles. The molecule has 1 atom stereocenters. The van der Waals surface area contributed by atoms with E-state index < -0.39 is 6.10 Å². The number of piperidine rings is 1. The van der Waals surface area contributed by atoms with Crippen LogP contribution in [0.2, 0.25) is 0 Å². The summed E-state index contributed by atoms with van der Waals surface area (Å²) in [5.74, 6) is 2.49. The van der Waals surface area contributed by atoms with Crippen LogP contribution in [-0.4, -0.2) is 48.1 Å². The minimum atomic E-state index is -0.554. The van der Waals surface area contributed by atoms with Crippen molar-refractivity contribution in [2.24, 2.45) is 5.92 Å². The molecule has 1 aliphatic heterocycles. The maximum Gasteiger partial charge on any atom is 0.183 e. The number of hydrogen-bond acceptors (Lipinski definition) is 8. The number of fused-ring (bicyclic) bond motifs is 3. The zero-order chi connectivity index (χ0) is 21.5. The van der Waals surface area contributed by atoms with E-state index in [4.69, 9.17) is 9.97 Å². The largest absolute Gasteiger partial charge is 0.385 e. The second-order valence-electron chi connectivity index (χ2n) is 8.60. The van der Waals surface area contributed by atoms with Crippen molar-refractivity contribution in [1.29, 1.82) is 0 Å². The number of nitrogens with one attached hydrogen (secondary N) is 1. The van der Waals surface area contributed by atoms with Crippen LogP contribution in [0.15, 0.2) is 31.0 Å². The van der Waals surface area contributed by atoms with E-state index in [2.05, 4.69) is 24.8 Å². The Labute approximate surface area is 189 Å². The van der Waals surface area contributed by atoms with Crippen molar-refractivity contribution in [3.8, 4) is 11.5 Å². The average Bonchev–Trinajstić information content (AvgIpc) is 3.52. The summed E-state index contributed by atoms with van der Waals surface area (Å²) in [6, 6.07) is 0. The second-order valence-corrected chi connectivity index (χ2v) is 9.68. The highest BCUT2D eigenvalue weighted by Crippen LogP contribution is 2.42. The lowest BCUT2D eigenvalue weighted by molar-refractivity contribution is 0.0856. The molecule has 0 bridgehead atoms. The molecule has 1 aliphatic carbocycles. The molecule has 9 heteroatoms. The number of aliphatic hydroxyl groups is 1. The summed E-state index contributed by atoms with van der Waals surface area (Å²) >= 11 is 1.81. The molecule has 1 saturated heterocycles. The molecule has 4 aromatic heterocycles. The van der Waals surface area contributed by atoms with Gasteiger partial charge in [0.25, 0.3) is 0 Å². The first-order valence-corrected chi connectivity index (χ1v) is 12.1. The van der Waals surface area contributed by atoms with Crippen molar-refractivity contribution >= 4 is 27.4 Å². The highest BCUT2D eigenvalue weighted by atomic mass is 32.1. The van der Waals surface area contributed by atoms with E-state index in [-0.39, 0.29) is 5.92 Å². The van der Waals surface area contributed by atoms with Crippen LogP contribution in [0.1, 0.15) is 48.1 Å². The Kier molecular flexibility index (Phi) is 5.07. The van der Waals surface area contributed by atoms with E-state index >= 15 is 0 Å². The van der Waals surface area contributed by atoms with Gasteiger partial charge in [-0.15, -0.1) is 11.3 Å². The van der Waals surface area contributed by atoms with E-state index in [0.29, 0.717) is 17.3 Å². The number of aromatic amines is 1. The predicted molar refractivity (Wildman–Crippen MR) is 124 cm³/mol. The lowest BCUT2D eigenvalue weighted by Crippen LogP contribution is -2.36. The molecule has 32 heavy (non-hydrogen) atoms. The second kappa shape index (κ2) is 8.22. The molecule has 164 valence electrons. The van der Waals surface area contributed by atoms with Gasteiger partial charge in [-0.3, -0.25) is 4.98 Å². The third-order valence-electron chi connectivity index (χ3n) is 6.67. The number of aryl methyl sites for hydroxylation is 2. The fraction of sp³-hybridized carbons (Fsp3) is 0.435. The number of nitrogens with zero attached hydrogens (tertiary/aromatic N) is 6. The lowest BCUT2D eigenvalue weighted by atomic mass is 9.90. The van der Waals surface area contributed by atoms with E-state index in [1.165, 1.54) is 28.7 Å². The molecule has 8 nitrogen and oxygen atoms in total. The van der Waals surface area contributed by atoms with Gasteiger partial charge in [0.15, 0.2) is 5.82 Å². The predicted octanol–water partition coefficient (Wildman–Crippen LogP) is 3.70. The summed E-state index contributed by atoms with van der Waals surface area (Å²) in [6.07, 6.45) is 14.5. The summed E-state index contributed by atoms with van der Waals surface area (Å²) in [6.45, 7) is 1.69. The number of H-pyrrole nitrogens is 1. The minimum absolute atomic E-state index is 0.186. The van der Waals surface area contributed by atoms with Crippen LogP contribution >= 0.6 is 11.3 Å². The Balaban J connectivity index is 1.36. The molecule has 0 spiro atoms. The third-order valence-corrected chi connectivity index (χ3v) is 7.86. The molecule has 0 saturated carbocycles. The Bertz CT molecular complexity index is 1220. The van der Waals surface area contributed by atoms with E-state index in [1.807, 2.05) is 11.3 Å². The van der Waals surface area contributed by atoms with Gasteiger partial charge in [-0.05, 0) is 50.0 Å². The first-order valence-electron chi connectivity index (χ1n) is 11.3. The smallest absolute Gasteiger partial charge is 0.183 e. The number of thiophene rings is 1. The van der Waals surface area contributed by atoms with Crippen molar-refractivity contribution in [2.75, 3.05) is 18.0 Å². The maximum absolute atomic E-state index is 10.7. The molecule has 4 aromatic rings. The minimum Gasteiger partial charge on any atom is -0.385 e. The molecule has 1 fully saturated rings. The quantitative estimate of drug-likeness (QED) is 0.492. The van der Waals surface area contributed by atoms with Crippen LogP contribution in [0.25, 0.3) is 21.7 Å². The number of aromatic nitrogens is 6. The van der Waals surface area contributed by atoms with Gasteiger partial charge in [-0.1, -0.05) is 0 Å².